The molecule has 14 heavy (non-hydrogen) atoms. The fourth-order valence-electron chi connectivity index (χ4n) is 0.907. The minimum Gasteiger partial charge on any atom is -0.478 e. The van der Waals surface area contributed by atoms with Crippen LogP contribution in [0.1, 0.15) is 12.5 Å². The van der Waals surface area contributed by atoms with Crippen LogP contribution in [0.2, 0.25) is 5.02 Å². The third-order valence-electron chi connectivity index (χ3n) is 1.75. The molecule has 1 aromatic carbocycles. The summed E-state index contributed by atoms with van der Waals surface area (Å²) in [6, 6.07) is 6.68. The van der Waals surface area contributed by atoms with Gasteiger partial charge in [-0.1, -0.05) is 35.3 Å². The van der Waals surface area contributed by atoms with Crippen LogP contribution in [0, 0.1) is 0 Å². The molecule has 0 fully saturated rings. The summed E-state index contributed by atoms with van der Waals surface area (Å²) in [5, 5.41) is 9.52. The van der Waals surface area contributed by atoms with Crippen molar-refractivity contribution in [2.75, 3.05) is 0 Å². The van der Waals surface area contributed by atoms with Crippen molar-refractivity contribution in [3.05, 3.63) is 40.4 Å². The van der Waals surface area contributed by atoms with Crippen LogP contribution in [0.25, 0.3) is 5.03 Å². The zero-order chi connectivity index (χ0) is 10.7. The number of aliphatic carboxylic acids is 1. The van der Waals surface area contributed by atoms with Gasteiger partial charge in [0.15, 0.2) is 0 Å². The van der Waals surface area contributed by atoms with Crippen molar-refractivity contribution in [3.8, 4) is 0 Å². The first-order valence-electron chi connectivity index (χ1n) is 3.88. The lowest BCUT2D eigenvalue weighted by molar-refractivity contribution is -0.132. The summed E-state index contributed by atoms with van der Waals surface area (Å²) in [4.78, 5) is 10.6. The number of carbonyl (C=O) groups is 1. The summed E-state index contributed by atoms with van der Waals surface area (Å²) >= 11 is 11.5. The minimum atomic E-state index is -1.02. The average Bonchev–Trinajstić information content (AvgIpc) is 2.16. The van der Waals surface area contributed by atoms with Gasteiger partial charge in [0.1, 0.15) is 0 Å². The monoisotopic (exact) mass is 230 g/mol. The molecule has 0 aromatic heterocycles. The number of carboxylic acid groups (broad SMARTS) is 1. The Hall–Kier alpha value is -0.990. The van der Waals surface area contributed by atoms with Gasteiger partial charge in [-0.15, -0.1) is 0 Å². The van der Waals surface area contributed by atoms with Crippen molar-refractivity contribution in [2.24, 2.45) is 0 Å². The first-order valence-corrected chi connectivity index (χ1v) is 4.63. The molecular formula is C10H8Cl2O2. The second-order valence-electron chi connectivity index (χ2n) is 2.75. The lowest BCUT2D eigenvalue weighted by atomic mass is 10.1. The molecule has 0 bridgehead atoms. The fourth-order valence-corrected chi connectivity index (χ4v) is 1.24. The highest BCUT2D eigenvalue weighted by Crippen LogP contribution is 2.24. The smallest absolute Gasteiger partial charge is 0.332 e. The van der Waals surface area contributed by atoms with Crippen LogP contribution in [0.3, 0.4) is 0 Å². The number of hydrogen-bond acceptors (Lipinski definition) is 1. The van der Waals surface area contributed by atoms with E-state index in [9.17, 15) is 4.79 Å². The van der Waals surface area contributed by atoms with Crippen LogP contribution in [-0.2, 0) is 4.79 Å². The van der Waals surface area contributed by atoms with E-state index in [0.717, 1.165) is 0 Å². The molecule has 0 aliphatic carbocycles. The van der Waals surface area contributed by atoms with Crippen LogP contribution >= 0.6 is 23.2 Å². The number of hydrogen-bond donors (Lipinski definition) is 1. The van der Waals surface area contributed by atoms with Gasteiger partial charge in [-0.3, -0.25) is 0 Å². The molecular weight excluding hydrogens is 223 g/mol. The van der Waals surface area contributed by atoms with E-state index in [0.29, 0.717) is 10.6 Å². The van der Waals surface area contributed by atoms with Crippen LogP contribution < -0.4 is 0 Å². The number of carboxylic acids is 1. The van der Waals surface area contributed by atoms with Crippen molar-refractivity contribution in [1.29, 1.82) is 0 Å². The largest absolute Gasteiger partial charge is 0.478 e. The Morgan fingerprint density at radius 2 is 1.79 bits per heavy atom. The third kappa shape index (κ3) is 2.50. The molecule has 1 aromatic rings. The summed E-state index contributed by atoms with van der Waals surface area (Å²) in [6.07, 6.45) is 0. The van der Waals surface area contributed by atoms with E-state index in [2.05, 4.69) is 0 Å². The van der Waals surface area contributed by atoms with E-state index in [1.54, 1.807) is 24.3 Å². The molecule has 0 unspecified atom stereocenters. The first kappa shape index (κ1) is 11.1. The highest BCUT2D eigenvalue weighted by atomic mass is 35.5. The van der Waals surface area contributed by atoms with Gasteiger partial charge in [-0.25, -0.2) is 4.79 Å². The third-order valence-corrected chi connectivity index (χ3v) is 2.50. The van der Waals surface area contributed by atoms with Gasteiger partial charge in [0.25, 0.3) is 0 Å². The van der Waals surface area contributed by atoms with E-state index in [1.165, 1.54) is 6.92 Å². The predicted octanol–water partition coefficient (Wildman–Crippen LogP) is 3.39. The Kier molecular flexibility index (Phi) is 3.55. The molecule has 0 heterocycles. The molecule has 1 N–H and O–H groups in total. The van der Waals surface area contributed by atoms with Crippen LogP contribution in [-0.4, -0.2) is 11.1 Å². The normalized spacial score (nSPS) is 12.2. The van der Waals surface area contributed by atoms with E-state index in [4.69, 9.17) is 28.3 Å². The quantitative estimate of drug-likeness (QED) is 0.792. The molecule has 0 atom stereocenters. The van der Waals surface area contributed by atoms with Gasteiger partial charge in [0, 0.05) is 5.02 Å². The van der Waals surface area contributed by atoms with Gasteiger partial charge >= 0.3 is 5.97 Å². The number of rotatable bonds is 2. The molecule has 0 aliphatic heterocycles. The second kappa shape index (κ2) is 4.49. The Bertz CT molecular complexity index is 380. The molecule has 0 radical (unpaired) electrons. The maximum Gasteiger partial charge on any atom is 0.332 e. The zero-order valence-corrected chi connectivity index (χ0v) is 8.93. The van der Waals surface area contributed by atoms with Crippen molar-refractivity contribution >= 4 is 34.2 Å². The molecule has 1 rings (SSSR count). The van der Waals surface area contributed by atoms with Crippen LogP contribution in [0.4, 0.5) is 0 Å². The maximum atomic E-state index is 10.6. The van der Waals surface area contributed by atoms with Gasteiger partial charge < -0.3 is 5.11 Å². The van der Waals surface area contributed by atoms with Gasteiger partial charge in [-0.2, -0.15) is 0 Å². The topological polar surface area (TPSA) is 37.3 Å². The van der Waals surface area contributed by atoms with Crippen LogP contribution in [0.15, 0.2) is 29.8 Å². The van der Waals surface area contributed by atoms with E-state index >= 15 is 0 Å². The zero-order valence-electron chi connectivity index (χ0n) is 7.42. The van der Waals surface area contributed by atoms with Crippen molar-refractivity contribution < 1.29 is 9.90 Å². The summed E-state index contributed by atoms with van der Waals surface area (Å²) in [5.74, 6) is -1.02. The number of halogens is 2. The minimum absolute atomic E-state index is 0.119. The predicted molar refractivity (Wildman–Crippen MR) is 57.5 cm³/mol. The maximum absolute atomic E-state index is 10.6. The molecule has 0 spiro atoms. The number of benzene rings is 1. The van der Waals surface area contributed by atoms with Gasteiger partial charge in [-0.05, 0) is 24.6 Å². The Morgan fingerprint density at radius 1 is 1.29 bits per heavy atom. The summed E-state index contributed by atoms with van der Waals surface area (Å²) in [7, 11) is 0. The first-order chi connectivity index (χ1) is 6.52. The van der Waals surface area contributed by atoms with Crippen molar-refractivity contribution in [2.45, 2.75) is 6.92 Å². The molecule has 0 saturated heterocycles. The lowest BCUT2D eigenvalue weighted by Gasteiger charge is -2.01. The fraction of sp³-hybridized carbons (Fsp3) is 0.100. The Labute approximate surface area is 91.8 Å². The van der Waals surface area contributed by atoms with E-state index < -0.39 is 5.97 Å². The SMILES string of the molecule is C/C(C(=O)O)=C(/Cl)c1ccc(Cl)cc1. The summed E-state index contributed by atoms with van der Waals surface area (Å²) < 4.78 is 0. The summed E-state index contributed by atoms with van der Waals surface area (Å²) in [6.45, 7) is 1.46. The Balaban J connectivity index is 3.12. The highest BCUT2D eigenvalue weighted by molar-refractivity contribution is 6.50. The van der Waals surface area contributed by atoms with E-state index in [-0.39, 0.29) is 10.6 Å². The highest BCUT2D eigenvalue weighted by Gasteiger charge is 2.08. The van der Waals surface area contributed by atoms with Gasteiger partial charge in [0.05, 0.1) is 10.6 Å². The molecule has 0 amide bonds. The second-order valence-corrected chi connectivity index (χ2v) is 3.57. The van der Waals surface area contributed by atoms with E-state index in [1.807, 2.05) is 0 Å². The molecule has 74 valence electrons. The van der Waals surface area contributed by atoms with Crippen molar-refractivity contribution in [1.82, 2.24) is 0 Å². The van der Waals surface area contributed by atoms with Crippen molar-refractivity contribution in [3.63, 3.8) is 0 Å². The Morgan fingerprint density at radius 3 is 2.21 bits per heavy atom. The van der Waals surface area contributed by atoms with Gasteiger partial charge in [0.2, 0.25) is 0 Å². The molecule has 0 aliphatic rings. The lowest BCUT2D eigenvalue weighted by Crippen LogP contribution is -1.97. The standard InChI is InChI=1S/C10H8Cl2O2/c1-6(10(13)14)9(12)7-2-4-8(11)5-3-7/h2-5H,1H3,(H,13,14)/b9-6-. The van der Waals surface area contributed by atoms with Crippen LogP contribution in [0.5, 0.6) is 0 Å². The molecule has 4 heteroatoms. The molecule has 2 nitrogen and oxygen atoms in total. The average molecular weight is 231 g/mol. The summed E-state index contributed by atoms with van der Waals surface area (Å²) in [5.41, 5.74) is 0.768. The molecule has 0 saturated carbocycles.